The first kappa shape index (κ1) is 15.6. The van der Waals surface area contributed by atoms with Crippen molar-refractivity contribution in [3.05, 3.63) is 65.5 Å². The molecular weight excluding hydrogens is 291 g/mol. The molecule has 2 aromatic rings. The standard InChI is InChI=1S/C15H17FN2O2S/c1-17-10-13-7-8-15(14(16)9-13)21(19,20)18-11-12-5-3-2-4-6-12/h2-9,17-18H,10-11H2,1H3. The molecule has 4 nitrogen and oxygen atoms in total. The Balaban J connectivity index is 2.16. The highest BCUT2D eigenvalue weighted by molar-refractivity contribution is 7.89. The second-order valence-corrected chi connectivity index (χ2v) is 6.34. The summed E-state index contributed by atoms with van der Waals surface area (Å²) in [5.74, 6) is -0.747. The minimum atomic E-state index is -3.87. The van der Waals surface area contributed by atoms with Crippen molar-refractivity contribution < 1.29 is 12.8 Å². The van der Waals surface area contributed by atoms with Gasteiger partial charge in [-0.1, -0.05) is 36.4 Å². The molecule has 0 aliphatic heterocycles. The van der Waals surface area contributed by atoms with Gasteiger partial charge in [-0.25, -0.2) is 17.5 Å². The number of benzene rings is 2. The lowest BCUT2D eigenvalue weighted by Gasteiger charge is -2.09. The van der Waals surface area contributed by atoms with E-state index in [0.717, 1.165) is 5.56 Å². The molecule has 0 saturated carbocycles. The Hall–Kier alpha value is -1.76. The van der Waals surface area contributed by atoms with Gasteiger partial charge < -0.3 is 5.32 Å². The van der Waals surface area contributed by atoms with Gasteiger partial charge in [0.05, 0.1) is 0 Å². The van der Waals surface area contributed by atoms with E-state index in [4.69, 9.17) is 0 Å². The lowest BCUT2D eigenvalue weighted by Crippen LogP contribution is -2.24. The van der Waals surface area contributed by atoms with Crippen LogP contribution in [0.1, 0.15) is 11.1 Å². The molecule has 0 aliphatic rings. The van der Waals surface area contributed by atoms with Crippen LogP contribution >= 0.6 is 0 Å². The van der Waals surface area contributed by atoms with Crippen molar-refractivity contribution in [2.75, 3.05) is 7.05 Å². The molecule has 0 atom stereocenters. The molecular formula is C15H17FN2O2S. The first-order chi connectivity index (χ1) is 10.0. The molecule has 0 heterocycles. The molecule has 0 fully saturated rings. The van der Waals surface area contributed by atoms with E-state index in [-0.39, 0.29) is 11.4 Å². The minimum absolute atomic E-state index is 0.126. The van der Waals surface area contributed by atoms with Crippen LogP contribution in [0.25, 0.3) is 0 Å². The molecule has 0 spiro atoms. The summed E-state index contributed by atoms with van der Waals surface area (Å²) in [4.78, 5) is -0.335. The molecule has 2 aromatic carbocycles. The highest BCUT2D eigenvalue weighted by atomic mass is 32.2. The van der Waals surface area contributed by atoms with Gasteiger partial charge in [-0.2, -0.15) is 0 Å². The average molecular weight is 308 g/mol. The van der Waals surface area contributed by atoms with Crippen LogP contribution in [0, 0.1) is 5.82 Å². The third-order valence-electron chi connectivity index (χ3n) is 2.98. The maximum absolute atomic E-state index is 13.9. The van der Waals surface area contributed by atoms with Crippen LogP contribution in [0.4, 0.5) is 4.39 Å². The van der Waals surface area contributed by atoms with Crippen molar-refractivity contribution >= 4 is 10.0 Å². The van der Waals surface area contributed by atoms with Gasteiger partial charge in [0.25, 0.3) is 0 Å². The first-order valence-electron chi connectivity index (χ1n) is 6.49. The van der Waals surface area contributed by atoms with Gasteiger partial charge in [0.1, 0.15) is 10.7 Å². The molecule has 2 rings (SSSR count). The quantitative estimate of drug-likeness (QED) is 0.858. The molecule has 0 unspecified atom stereocenters. The van der Waals surface area contributed by atoms with E-state index >= 15 is 0 Å². The summed E-state index contributed by atoms with van der Waals surface area (Å²) in [5, 5.41) is 2.88. The van der Waals surface area contributed by atoms with E-state index in [1.807, 2.05) is 18.2 Å². The smallest absolute Gasteiger partial charge is 0.243 e. The zero-order valence-corrected chi connectivity index (χ0v) is 12.5. The summed E-state index contributed by atoms with van der Waals surface area (Å²) >= 11 is 0. The monoisotopic (exact) mass is 308 g/mol. The number of nitrogens with one attached hydrogen (secondary N) is 2. The van der Waals surface area contributed by atoms with Crippen molar-refractivity contribution in [2.45, 2.75) is 18.0 Å². The highest BCUT2D eigenvalue weighted by Crippen LogP contribution is 2.16. The van der Waals surface area contributed by atoms with Crippen LogP contribution in [-0.2, 0) is 23.1 Å². The first-order valence-corrected chi connectivity index (χ1v) is 7.98. The Bertz CT molecular complexity index is 703. The topological polar surface area (TPSA) is 58.2 Å². The van der Waals surface area contributed by atoms with E-state index in [9.17, 15) is 12.8 Å². The highest BCUT2D eigenvalue weighted by Gasteiger charge is 2.18. The number of halogens is 1. The fraction of sp³-hybridized carbons (Fsp3) is 0.200. The lowest BCUT2D eigenvalue weighted by molar-refractivity contribution is 0.555. The SMILES string of the molecule is CNCc1ccc(S(=O)(=O)NCc2ccccc2)c(F)c1. The van der Waals surface area contributed by atoms with E-state index in [1.54, 1.807) is 25.2 Å². The van der Waals surface area contributed by atoms with E-state index in [1.165, 1.54) is 12.1 Å². The Labute approximate surface area is 124 Å². The van der Waals surface area contributed by atoms with E-state index in [0.29, 0.717) is 12.1 Å². The second kappa shape index (κ2) is 6.80. The van der Waals surface area contributed by atoms with Gasteiger partial charge in [0.15, 0.2) is 0 Å². The van der Waals surface area contributed by atoms with Crippen molar-refractivity contribution in [3.8, 4) is 0 Å². The summed E-state index contributed by atoms with van der Waals surface area (Å²) in [5.41, 5.74) is 1.50. The van der Waals surface area contributed by atoms with E-state index in [2.05, 4.69) is 10.0 Å². The number of sulfonamides is 1. The fourth-order valence-electron chi connectivity index (χ4n) is 1.93. The Morgan fingerprint density at radius 2 is 1.71 bits per heavy atom. The molecule has 21 heavy (non-hydrogen) atoms. The summed E-state index contributed by atoms with van der Waals surface area (Å²) in [6, 6.07) is 13.2. The fourth-order valence-corrected chi connectivity index (χ4v) is 3.00. The molecule has 0 saturated heterocycles. The minimum Gasteiger partial charge on any atom is -0.316 e. The van der Waals surface area contributed by atoms with Gasteiger partial charge in [-0.15, -0.1) is 0 Å². The Morgan fingerprint density at radius 1 is 1.00 bits per heavy atom. The molecule has 0 amide bonds. The summed E-state index contributed by atoms with van der Waals surface area (Å²) in [6.45, 7) is 0.607. The summed E-state index contributed by atoms with van der Waals surface area (Å²) in [7, 11) is -2.13. The normalized spacial score (nSPS) is 11.5. The average Bonchev–Trinajstić information content (AvgIpc) is 2.46. The zero-order valence-electron chi connectivity index (χ0n) is 11.6. The van der Waals surface area contributed by atoms with Crippen LogP contribution in [0.15, 0.2) is 53.4 Å². The Kier molecular flexibility index (Phi) is 5.06. The van der Waals surface area contributed by atoms with Gasteiger partial charge in [-0.3, -0.25) is 0 Å². The molecule has 112 valence electrons. The molecule has 0 aromatic heterocycles. The summed E-state index contributed by atoms with van der Waals surface area (Å²) in [6.07, 6.45) is 0. The second-order valence-electron chi connectivity index (χ2n) is 4.61. The van der Waals surface area contributed by atoms with Crippen molar-refractivity contribution in [1.29, 1.82) is 0 Å². The van der Waals surface area contributed by atoms with Crippen LogP contribution in [-0.4, -0.2) is 15.5 Å². The predicted molar refractivity (Wildman–Crippen MR) is 79.6 cm³/mol. The van der Waals surface area contributed by atoms with Crippen molar-refractivity contribution in [3.63, 3.8) is 0 Å². The number of rotatable bonds is 6. The van der Waals surface area contributed by atoms with Crippen LogP contribution in [0.5, 0.6) is 0 Å². The van der Waals surface area contributed by atoms with Gasteiger partial charge >= 0.3 is 0 Å². The molecule has 6 heteroatoms. The maximum atomic E-state index is 13.9. The predicted octanol–water partition coefficient (Wildman–Crippen LogP) is 2.02. The molecule has 0 bridgehead atoms. The third kappa shape index (κ3) is 4.10. The largest absolute Gasteiger partial charge is 0.316 e. The van der Waals surface area contributed by atoms with E-state index < -0.39 is 15.8 Å². The van der Waals surface area contributed by atoms with Crippen LogP contribution in [0.3, 0.4) is 0 Å². The zero-order chi connectivity index (χ0) is 15.3. The summed E-state index contributed by atoms with van der Waals surface area (Å²) < 4.78 is 40.6. The number of hydrogen-bond donors (Lipinski definition) is 2. The Morgan fingerprint density at radius 3 is 2.33 bits per heavy atom. The molecule has 2 N–H and O–H groups in total. The van der Waals surface area contributed by atoms with Gasteiger partial charge in [0.2, 0.25) is 10.0 Å². The van der Waals surface area contributed by atoms with Crippen molar-refractivity contribution in [1.82, 2.24) is 10.0 Å². The van der Waals surface area contributed by atoms with Gasteiger partial charge in [0, 0.05) is 13.1 Å². The third-order valence-corrected chi connectivity index (χ3v) is 4.41. The molecule has 0 aliphatic carbocycles. The van der Waals surface area contributed by atoms with Gasteiger partial charge in [-0.05, 0) is 30.3 Å². The van der Waals surface area contributed by atoms with Crippen LogP contribution < -0.4 is 10.0 Å². The lowest BCUT2D eigenvalue weighted by atomic mass is 10.2. The molecule has 0 radical (unpaired) electrons. The number of hydrogen-bond acceptors (Lipinski definition) is 3. The van der Waals surface area contributed by atoms with Crippen LogP contribution in [0.2, 0.25) is 0 Å². The maximum Gasteiger partial charge on any atom is 0.243 e. The van der Waals surface area contributed by atoms with Crippen molar-refractivity contribution in [2.24, 2.45) is 0 Å².